The number of ether oxygens (including phenoxy) is 1. The molecule has 0 radical (unpaired) electrons. The molecule has 1 aromatic rings. The Labute approximate surface area is 137 Å². The van der Waals surface area contributed by atoms with Crippen molar-refractivity contribution >= 4 is 24.8 Å². The van der Waals surface area contributed by atoms with E-state index in [1.54, 1.807) is 12.1 Å². The summed E-state index contributed by atoms with van der Waals surface area (Å²) < 4.78 is 19.4. The van der Waals surface area contributed by atoms with Crippen molar-refractivity contribution < 1.29 is 9.13 Å². The standard InChI is InChI=1S/C14H18FN3O.2ClH/c1-19-13-4-2-3-11(15)14(13)12(5-6-16)18-9-7-17-8-10-18;;/h2-4,12,17H,5,7-10H2,1H3;2*1H/t12-;;/m1../s1. The van der Waals surface area contributed by atoms with Crippen LogP contribution >= 0.6 is 24.8 Å². The maximum absolute atomic E-state index is 14.1. The van der Waals surface area contributed by atoms with E-state index in [9.17, 15) is 4.39 Å². The Bertz CT molecular complexity index is 476. The average molecular weight is 336 g/mol. The van der Waals surface area contributed by atoms with Crippen molar-refractivity contribution in [2.45, 2.75) is 12.5 Å². The Balaban J connectivity index is 0.00000200. The van der Waals surface area contributed by atoms with Gasteiger partial charge in [-0.05, 0) is 12.1 Å². The van der Waals surface area contributed by atoms with Crippen molar-refractivity contribution in [1.82, 2.24) is 10.2 Å². The smallest absolute Gasteiger partial charge is 0.131 e. The Morgan fingerprint density at radius 2 is 2.05 bits per heavy atom. The number of hydrogen-bond donors (Lipinski definition) is 1. The van der Waals surface area contributed by atoms with Crippen LogP contribution in [0.2, 0.25) is 0 Å². The minimum absolute atomic E-state index is 0. The maximum atomic E-state index is 14.1. The molecule has 118 valence electrons. The highest BCUT2D eigenvalue weighted by Crippen LogP contribution is 2.33. The zero-order valence-electron chi connectivity index (χ0n) is 11.8. The normalized spacial score (nSPS) is 16.0. The van der Waals surface area contributed by atoms with E-state index in [2.05, 4.69) is 16.3 Å². The highest BCUT2D eigenvalue weighted by molar-refractivity contribution is 5.85. The van der Waals surface area contributed by atoms with E-state index in [1.807, 2.05) is 0 Å². The van der Waals surface area contributed by atoms with Gasteiger partial charge in [-0.15, -0.1) is 24.8 Å². The van der Waals surface area contributed by atoms with Gasteiger partial charge >= 0.3 is 0 Å². The Morgan fingerprint density at radius 3 is 2.62 bits per heavy atom. The van der Waals surface area contributed by atoms with Crippen LogP contribution in [0.1, 0.15) is 18.0 Å². The number of halogens is 3. The molecule has 2 rings (SSSR count). The molecular weight excluding hydrogens is 316 g/mol. The second kappa shape index (κ2) is 9.80. The molecule has 7 heteroatoms. The van der Waals surface area contributed by atoms with Gasteiger partial charge in [-0.1, -0.05) is 6.07 Å². The van der Waals surface area contributed by atoms with Crippen molar-refractivity contribution in [3.05, 3.63) is 29.6 Å². The van der Waals surface area contributed by atoms with E-state index in [0.29, 0.717) is 11.3 Å². The number of benzene rings is 1. The number of nitrogens with zero attached hydrogens (tertiary/aromatic N) is 2. The molecule has 0 aromatic heterocycles. The summed E-state index contributed by atoms with van der Waals surface area (Å²) in [5.41, 5.74) is 0.494. The van der Waals surface area contributed by atoms with Gasteiger partial charge in [-0.2, -0.15) is 5.26 Å². The van der Waals surface area contributed by atoms with Crippen LogP contribution in [0.5, 0.6) is 5.75 Å². The van der Waals surface area contributed by atoms with E-state index in [0.717, 1.165) is 26.2 Å². The molecule has 1 fully saturated rings. The maximum Gasteiger partial charge on any atom is 0.131 e. The predicted octanol–water partition coefficient (Wildman–Crippen LogP) is 2.54. The quantitative estimate of drug-likeness (QED) is 0.918. The SMILES string of the molecule is COc1cccc(F)c1[C@@H](CC#N)N1CCNCC1.Cl.Cl. The Morgan fingerprint density at radius 1 is 1.38 bits per heavy atom. The van der Waals surface area contributed by atoms with E-state index in [4.69, 9.17) is 10.00 Å². The van der Waals surface area contributed by atoms with Crippen LogP contribution < -0.4 is 10.1 Å². The molecule has 0 amide bonds. The van der Waals surface area contributed by atoms with Crippen LogP contribution in [0.4, 0.5) is 4.39 Å². The molecule has 1 atom stereocenters. The molecule has 1 heterocycles. The first-order valence-corrected chi connectivity index (χ1v) is 6.42. The Kier molecular flexibility index (Phi) is 9.31. The molecule has 1 aliphatic rings. The molecule has 1 saturated heterocycles. The molecule has 0 unspecified atom stereocenters. The minimum Gasteiger partial charge on any atom is -0.496 e. The molecule has 0 bridgehead atoms. The van der Waals surface area contributed by atoms with E-state index in [-0.39, 0.29) is 43.1 Å². The lowest BCUT2D eigenvalue weighted by atomic mass is 10.00. The summed E-state index contributed by atoms with van der Waals surface area (Å²) >= 11 is 0. The summed E-state index contributed by atoms with van der Waals surface area (Å²) in [4.78, 5) is 2.14. The van der Waals surface area contributed by atoms with E-state index in [1.165, 1.54) is 13.2 Å². The molecule has 0 aliphatic carbocycles. The lowest BCUT2D eigenvalue weighted by Crippen LogP contribution is -2.45. The van der Waals surface area contributed by atoms with Gasteiger partial charge in [0, 0.05) is 31.7 Å². The topological polar surface area (TPSA) is 48.3 Å². The van der Waals surface area contributed by atoms with Gasteiger partial charge in [0.25, 0.3) is 0 Å². The molecule has 1 N–H and O–H groups in total. The number of rotatable bonds is 4. The zero-order valence-corrected chi connectivity index (χ0v) is 13.5. The lowest BCUT2D eigenvalue weighted by Gasteiger charge is -2.34. The fraction of sp³-hybridized carbons (Fsp3) is 0.500. The van der Waals surface area contributed by atoms with Crippen LogP contribution in [0.15, 0.2) is 18.2 Å². The average Bonchev–Trinajstić information content (AvgIpc) is 2.46. The molecule has 1 aliphatic heterocycles. The van der Waals surface area contributed by atoms with Gasteiger partial charge in [0.1, 0.15) is 11.6 Å². The molecular formula is C14H20Cl2FN3O. The monoisotopic (exact) mass is 335 g/mol. The highest BCUT2D eigenvalue weighted by Gasteiger charge is 2.27. The number of piperazine rings is 1. The first kappa shape index (κ1) is 19.9. The number of nitrogens with one attached hydrogen (secondary N) is 1. The summed E-state index contributed by atoms with van der Waals surface area (Å²) in [6, 6.07) is 6.70. The lowest BCUT2D eigenvalue weighted by molar-refractivity contribution is 0.169. The molecule has 0 spiro atoms. The van der Waals surface area contributed by atoms with Crippen LogP contribution in [0.3, 0.4) is 0 Å². The zero-order chi connectivity index (χ0) is 13.7. The second-order valence-electron chi connectivity index (χ2n) is 4.52. The predicted molar refractivity (Wildman–Crippen MR) is 84.9 cm³/mol. The summed E-state index contributed by atoms with van der Waals surface area (Å²) in [6.45, 7) is 3.34. The number of hydrogen-bond acceptors (Lipinski definition) is 4. The van der Waals surface area contributed by atoms with Crippen LogP contribution in [-0.4, -0.2) is 38.2 Å². The second-order valence-corrected chi connectivity index (χ2v) is 4.52. The number of nitriles is 1. The van der Waals surface area contributed by atoms with E-state index >= 15 is 0 Å². The van der Waals surface area contributed by atoms with Crippen LogP contribution in [0, 0.1) is 17.1 Å². The van der Waals surface area contributed by atoms with Gasteiger partial charge in [0.15, 0.2) is 0 Å². The third-order valence-electron chi connectivity index (χ3n) is 3.44. The fourth-order valence-electron chi connectivity index (χ4n) is 2.51. The van der Waals surface area contributed by atoms with Crippen molar-refractivity contribution in [3.63, 3.8) is 0 Å². The van der Waals surface area contributed by atoms with Gasteiger partial charge in [-0.25, -0.2) is 4.39 Å². The number of methoxy groups -OCH3 is 1. The van der Waals surface area contributed by atoms with Crippen molar-refractivity contribution in [3.8, 4) is 11.8 Å². The third-order valence-corrected chi connectivity index (χ3v) is 3.44. The van der Waals surface area contributed by atoms with Crippen molar-refractivity contribution in [2.24, 2.45) is 0 Å². The molecule has 0 saturated carbocycles. The summed E-state index contributed by atoms with van der Waals surface area (Å²) in [5.74, 6) is 0.205. The van der Waals surface area contributed by atoms with Gasteiger partial charge in [0.2, 0.25) is 0 Å². The van der Waals surface area contributed by atoms with Crippen molar-refractivity contribution in [1.29, 1.82) is 5.26 Å². The summed E-state index contributed by atoms with van der Waals surface area (Å²) in [7, 11) is 1.53. The Hall–Kier alpha value is -1.06. The van der Waals surface area contributed by atoms with Gasteiger partial charge < -0.3 is 10.1 Å². The third kappa shape index (κ3) is 4.72. The van der Waals surface area contributed by atoms with E-state index < -0.39 is 0 Å². The summed E-state index contributed by atoms with van der Waals surface area (Å²) in [5, 5.41) is 12.3. The molecule has 1 aromatic carbocycles. The van der Waals surface area contributed by atoms with Gasteiger partial charge in [-0.3, -0.25) is 4.90 Å². The van der Waals surface area contributed by atoms with Crippen molar-refractivity contribution in [2.75, 3.05) is 33.3 Å². The van der Waals surface area contributed by atoms with Crippen LogP contribution in [-0.2, 0) is 0 Å². The van der Waals surface area contributed by atoms with Gasteiger partial charge in [0.05, 0.1) is 25.6 Å². The minimum atomic E-state index is -0.307. The largest absolute Gasteiger partial charge is 0.496 e. The summed E-state index contributed by atoms with van der Waals surface area (Å²) in [6.07, 6.45) is 0.261. The molecule has 21 heavy (non-hydrogen) atoms. The fourth-order valence-corrected chi connectivity index (χ4v) is 2.51. The van der Waals surface area contributed by atoms with Crippen LogP contribution in [0.25, 0.3) is 0 Å². The highest BCUT2D eigenvalue weighted by atomic mass is 35.5. The first-order chi connectivity index (χ1) is 9.27. The first-order valence-electron chi connectivity index (χ1n) is 6.42. The molecule has 4 nitrogen and oxygen atoms in total.